The number of carbonyl (C=O) groups excluding carboxylic acids is 1. The fraction of sp³-hybridized carbons (Fsp3) is 0.333. The molecule has 0 saturated carbocycles. The number of hydrogen-bond donors (Lipinski definition) is 1. The third-order valence-electron chi connectivity index (χ3n) is 4.42. The maximum absolute atomic E-state index is 12.0. The van der Waals surface area contributed by atoms with Gasteiger partial charge in [0.2, 0.25) is 0 Å². The summed E-state index contributed by atoms with van der Waals surface area (Å²) in [5.74, 6) is 1.04. The van der Waals surface area contributed by atoms with E-state index in [0.717, 1.165) is 28.7 Å². The molecule has 0 aliphatic carbocycles. The normalized spacial score (nSPS) is 14.6. The number of nitrogens with one attached hydrogen (secondary N) is 1. The van der Waals surface area contributed by atoms with Gasteiger partial charge in [-0.1, -0.05) is 12.1 Å². The first-order valence-corrected chi connectivity index (χ1v) is 11.3. The zero-order valence-corrected chi connectivity index (χ0v) is 20.3. The summed E-state index contributed by atoms with van der Waals surface area (Å²) in [6, 6.07) is 11.8. The lowest BCUT2D eigenvalue weighted by molar-refractivity contribution is -0.123. The van der Waals surface area contributed by atoms with E-state index < -0.39 is 0 Å². The first-order chi connectivity index (χ1) is 14.5. The summed E-state index contributed by atoms with van der Waals surface area (Å²) in [6.45, 7) is 3.55. The third-order valence-corrected chi connectivity index (χ3v) is 5.73. The topological polar surface area (TPSA) is 72.4 Å². The highest BCUT2D eigenvalue weighted by Crippen LogP contribution is 2.36. The van der Waals surface area contributed by atoms with Crippen molar-refractivity contribution < 1.29 is 19.0 Å². The lowest BCUT2D eigenvalue weighted by Gasteiger charge is -2.25. The number of carbonyl (C=O) groups is 1. The monoisotopic (exact) mass is 587 g/mol. The molecule has 1 aliphatic heterocycles. The number of hydrazone groups is 1. The Morgan fingerprint density at radius 2 is 2.03 bits per heavy atom. The largest absolute Gasteiger partial charge is 0.493 e. The van der Waals surface area contributed by atoms with E-state index in [1.165, 1.54) is 3.57 Å². The highest BCUT2D eigenvalue weighted by molar-refractivity contribution is 14.1. The fourth-order valence-corrected chi connectivity index (χ4v) is 3.80. The van der Waals surface area contributed by atoms with Gasteiger partial charge in [-0.15, -0.1) is 0 Å². The van der Waals surface area contributed by atoms with Crippen molar-refractivity contribution in [3.8, 4) is 11.5 Å². The van der Waals surface area contributed by atoms with E-state index in [0.29, 0.717) is 37.9 Å². The van der Waals surface area contributed by atoms with Gasteiger partial charge in [0.05, 0.1) is 37.6 Å². The van der Waals surface area contributed by atoms with Crippen LogP contribution in [0.2, 0.25) is 0 Å². The van der Waals surface area contributed by atoms with Crippen molar-refractivity contribution in [2.24, 2.45) is 5.10 Å². The molecular formula is C21H23BrIN3O4. The van der Waals surface area contributed by atoms with Crippen LogP contribution >= 0.6 is 38.5 Å². The van der Waals surface area contributed by atoms with Gasteiger partial charge in [-0.05, 0) is 73.9 Å². The Morgan fingerprint density at radius 3 is 2.73 bits per heavy atom. The van der Waals surface area contributed by atoms with E-state index in [1.54, 1.807) is 13.3 Å². The van der Waals surface area contributed by atoms with E-state index in [1.807, 2.05) is 41.3 Å². The predicted octanol–water partition coefficient (Wildman–Crippen LogP) is 3.42. The Balaban J connectivity index is 1.59. The Bertz CT molecular complexity index is 887. The molecule has 0 spiro atoms. The number of benzene rings is 2. The van der Waals surface area contributed by atoms with Crippen LogP contribution in [0.1, 0.15) is 11.1 Å². The standard InChI is InChI=1S/C21H23BrIN3O4/c1-28-19-11-16(12-24-25-20(27)13-26-6-8-29-9-7-26)10-18(22)21(19)30-14-15-2-4-17(23)5-3-15/h2-5,10-12H,6-9,13-14H2,1H3,(H,25,27)/b24-12+. The zero-order chi connectivity index (χ0) is 21.3. The van der Waals surface area contributed by atoms with Crippen LogP contribution in [0.25, 0.3) is 0 Å². The molecule has 1 N–H and O–H groups in total. The summed E-state index contributed by atoms with van der Waals surface area (Å²) >= 11 is 5.81. The van der Waals surface area contributed by atoms with Crippen LogP contribution in [-0.2, 0) is 16.1 Å². The molecule has 1 amide bonds. The molecule has 30 heavy (non-hydrogen) atoms. The van der Waals surface area contributed by atoms with Crippen molar-refractivity contribution in [1.82, 2.24) is 10.3 Å². The molecule has 1 aliphatic rings. The maximum atomic E-state index is 12.0. The third kappa shape index (κ3) is 6.93. The van der Waals surface area contributed by atoms with Gasteiger partial charge in [0.1, 0.15) is 6.61 Å². The summed E-state index contributed by atoms with van der Waals surface area (Å²) in [4.78, 5) is 14.1. The number of methoxy groups -OCH3 is 1. The number of hydrogen-bond acceptors (Lipinski definition) is 6. The summed E-state index contributed by atoms with van der Waals surface area (Å²) in [5, 5.41) is 4.05. The van der Waals surface area contributed by atoms with Crippen molar-refractivity contribution in [2.75, 3.05) is 40.0 Å². The van der Waals surface area contributed by atoms with Gasteiger partial charge in [0.15, 0.2) is 11.5 Å². The van der Waals surface area contributed by atoms with Crippen LogP contribution in [0.4, 0.5) is 0 Å². The van der Waals surface area contributed by atoms with Crippen LogP contribution in [0.3, 0.4) is 0 Å². The number of ether oxygens (including phenoxy) is 3. The Labute approximate surface area is 198 Å². The van der Waals surface area contributed by atoms with Crippen molar-refractivity contribution in [1.29, 1.82) is 0 Å². The Morgan fingerprint density at radius 1 is 1.30 bits per heavy atom. The number of rotatable bonds is 8. The van der Waals surface area contributed by atoms with E-state index in [9.17, 15) is 4.79 Å². The summed E-state index contributed by atoms with van der Waals surface area (Å²) in [6.07, 6.45) is 1.58. The zero-order valence-electron chi connectivity index (χ0n) is 16.6. The molecule has 0 radical (unpaired) electrons. The van der Waals surface area contributed by atoms with Crippen molar-refractivity contribution in [3.63, 3.8) is 0 Å². The minimum absolute atomic E-state index is 0.156. The second kappa shape index (κ2) is 11.6. The summed E-state index contributed by atoms with van der Waals surface area (Å²) in [7, 11) is 1.59. The average Bonchev–Trinajstić information content (AvgIpc) is 2.74. The predicted molar refractivity (Wildman–Crippen MR) is 127 cm³/mol. The minimum atomic E-state index is -0.156. The molecule has 3 rings (SSSR count). The van der Waals surface area contributed by atoms with E-state index in [4.69, 9.17) is 14.2 Å². The molecule has 7 nitrogen and oxygen atoms in total. The molecule has 0 bridgehead atoms. The number of halogens is 2. The molecule has 1 heterocycles. The average molecular weight is 588 g/mol. The smallest absolute Gasteiger partial charge is 0.254 e. The Hall–Kier alpha value is -1.69. The highest BCUT2D eigenvalue weighted by Gasteiger charge is 2.14. The molecule has 2 aromatic carbocycles. The molecule has 0 aromatic heterocycles. The highest BCUT2D eigenvalue weighted by atomic mass is 127. The van der Waals surface area contributed by atoms with Gasteiger partial charge in [-0.25, -0.2) is 5.43 Å². The van der Waals surface area contributed by atoms with Gasteiger partial charge < -0.3 is 14.2 Å². The molecule has 2 aromatic rings. The molecular weight excluding hydrogens is 565 g/mol. The van der Waals surface area contributed by atoms with E-state index in [2.05, 4.69) is 49.0 Å². The Kier molecular flexibility index (Phi) is 8.91. The maximum Gasteiger partial charge on any atom is 0.254 e. The molecule has 0 atom stereocenters. The quantitative estimate of drug-likeness (QED) is 0.291. The van der Waals surface area contributed by atoms with Crippen molar-refractivity contribution in [3.05, 3.63) is 55.6 Å². The number of morpholine rings is 1. The minimum Gasteiger partial charge on any atom is -0.493 e. The van der Waals surface area contributed by atoms with E-state index >= 15 is 0 Å². The number of amides is 1. The lowest BCUT2D eigenvalue weighted by atomic mass is 10.2. The molecule has 1 fully saturated rings. The van der Waals surface area contributed by atoms with Gasteiger partial charge in [-0.3, -0.25) is 9.69 Å². The summed E-state index contributed by atoms with van der Waals surface area (Å²) < 4.78 is 18.6. The molecule has 0 unspecified atom stereocenters. The first-order valence-electron chi connectivity index (χ1n) is 9.42. The second-order valence-electron chi connectivity index (χ2n) is 6.63. The SMILES string of the molecule is COc1cc(/C=N/NC(=O)CN2CCOCC2)cc(Br)c1OCc1ccc(I)cc1. The number of nitrogens with zero attached hydrogens (tertiary/aromatic N) is 2. The molecule has 160 valence electrons. The first kappa shape index (κ1) is 23.0. The van der Waals surface area contributed by atoms with Gasteiger partial charge in [-0.2, -0.15) is 5.10 Å². The van der Waals surface area contributed by atoms with Gasteiger partial charge in [0, 0.05) is 16.7 Å². The van der Waals surface area contributed by atoms with Crippen LogP contribution in [0.5, 0.6) is 11.5 Å². The van der Waals surface area contributed by atoms with Crippen LogP contribution in [-0.4, -0.2) is 57.0 Å². The molecule has 1 saturated heterocycles. The second-order valence-corrected chi connectivity index (χ2v) is 8.73. The lowest BCUT2D eigenvalue weighted by Crippen LogP contribution is -2.42. The van der Waals surface area contributed by atoms with Crippen LogP contribution in [0, 0.1) is 3.57 Å². The van der Waals surface area contributed by atoms with Crippen LogP contribution < -0.4 is 14.9 Å². The van der Waals surface area contributed by atoms with Crippen LogP contribution in [0.15, 0.2) is 46.0 Å². The summed E-state index contributed by atoms with van der Waals surface area (Å²) in [5.41, 5.74) is 4.40. The van der Waals surface area contributed by atoms with Crippen molar-refractivity contribution in [2.45, 2.75) is 6.61 Å². The van der Waals surface area contributed by atoms with E-state index in [-0.39, 0.29) is 5.91 Å². The van der Waals surface area contributed by atoms with Crippen molar-refractivity contribution >= 4 is 50.6 Å². The molecule has 9 heteroatoms. The fourth-order valence-electron chi connectivity index (χ4n) is 2.87. The van der Waals surface area contributed by atoms with Gasteiger partial charge >= 0.3 is 0 Å². The van der Waals surface area contributed by atoms with Gasteiger partial charge in [0.25, 0.3) is 5.91 Å².